The third kappa shape index (κ3) is 3.35. The van der Waals surface area contributed by atoms with Gasteiger partial charge in [-0.3, -0.25) is 4.79 Å². The van der Waals surface area contributed by atoms with Crippen molar-refractivity contribution < 1.29 is 0 Å². The van der Waals surface area contributed by atoms with Gasteiger partial charge in [-0.1, -0.05) is 25.8 Å². The molecule has 0 atom stereocenters. The maximum Gasteiger partial charge on any atom is 0.267 e. The van der Waals surface area contributed by atoms with Crippen LogP contribution in [-0.4, -0.2) is 10.2 Å². The van der Waals surface area contributed by atoms with Crippen molar-refractivity contribution in [2.24, 2.45) is 0 Å². The Morgan fingerprint density at radius 1 is 1.53 bits per heavy atom. The third-order valence-electron chi connectivity index (χ3n) is 2.45. The molecule has 0 fully saturated rings. The van der Waals surface area contributed by atoms with E-state index in [9.17, 15) is 4.79 Å². The van der Waals surface area contributed by atoms with Crippen LogP contribution >= 0.6 is 0 Å². The highest BCUT2D eigenvalue weighted by Gasteiger charge is 2.05. The molecule has 0 spiro atoms. The van der Waals surface area contributed by atoms with Gasteiger partial charge in [-0.2, -0.15) is 5.10 Å². The van der Waals surface area contributed by atoms with Crippen LogP contribution in [0.3, 0.4) is 0 Å². The number of aromatic nitrogens is 2. The van der Waals surface area contributed by atoms with Gasteiger partial charge in [0.15, 0.2) is 0 Å². The Kier molecular flexibility index (Phi) is 4.81. The summed E-state index contributed by atoms with van der Waals surface area (Å²) >= 11 is 0. The zero-order chi connectivity index (χ0) is 11.1. The van der Waals surface area contributed by atoms with Crippen LogP contribution in [0.1, 0.15) is 37.3 Å². The van der Waals surface area contributed by atoms with Gasteiger partial charge in [-0.05, 0) is 24.8 Å². The fraction of sp³-hybridized carbons (Fsp3) is 0.500. The summed E-state index contributed by atoms with van der Waals surface area (Å²) in [6.45, 7) is 5.83. The fourth-order valence-electron chi connectivity index (χ4n) is 1.61. The predicted molar refractivity (Wildman–Crippen MR) is 62.0 cm³/mol. The van der Waals surface area contributed by atoms with Crippen LogP contribution in [0.5, 0.6) is 0 Å². The molecular formula is C12H18N2O. The number of aromatic amines is 1. The first-order valence-corrected chi connectivity index (χ1v) is 5.46. The summed E-state index contributed by atoms with van der Waals surface area (Å²) < 4.78 is 0. The highest BCUT2D eigenvalue weighted by molar-refractivity contribution is 5.23. The Labute approximate surface area is 90.2 Å². The number of rotatable bonds is 6. The first-order valence-electron chi connectivity index (χ1n) is 5.46. The van der Waals surface area contributed by atoms with Crippen LogP contribution in [0.2, 0.25) is 0 Å². The molecule has 0 amide bonds. The number of nitrogens with one attached hydrogen (secondary N) is 1. The molecule has 82 valence electrons. The van der Waals surface area contributed by atoms with Gasteiger partial charge in [0.1, 0.15) is 0 Å². The highest BCUT2D eigenvalue weighted by Crippen LogP contribution is 2.08. The Bertz CT molecular complexity index is 368. The Morgan fingerprint density at radius 2 is 2.33 bits per heavy atom. The minimum atomic E-state index is -0.0797. The van der Waals surface area contributed by atoms with Crippen LogP contribution in [0.25, 0.3) is 0 Å². The van der Waals surface area contributed by atoms with E-state index < -0.39 is 0 Å². The van der Waals surface area contributed by atoms with E-state index in [0.717, 1.165) is 24.0 Å². The topological polar surface area (TPSA) is 45.8 Å². The number of allylic oxidation sites excluding steroid dienone is 1. The monoisotopic (exact) mass is 206 g/mol. The second kappa shape index (κ2) is 6.17. The SMILES string of the molecule is C=CCc1c(CCCCC)cn[nH]c1=O. The lowest BCUT2D eigenvalue weighted by molar-refractivity contribution is 0.708. The smallest absolute Gasteiger partial charge is 0.267 e. The van der Waals surface area contributed by atoms with Crippen molar-refractivity contribution in [3.8, 4) is 0 Å². The van der Waals surface area contributed by atoms with Gasteiger partial charge in [0.05, 0.1) is 6.20 Å². The number of nitrogens with zero attached hydrogens (tertiary/aromatic N) is 1. The minimum absolute atomic E-state index is 0.0797. The van der Waals surface area contributed by atoms with Crippen molar-refractivity contribution in [1.29, 1.82) is 0 Å². The Balaban J connectivity index is 2.80. The largest absolute Gasteiger partial charge is 0.268 e. The van der Waals surface area contributed by atoms with Gasteiger partial charge in [-0.25, -0.2) is 5.10 Å². The van der Waals surface area contributed by atoms with E-state index in [1.807, 2.05) is 0 Å². The lowest BCUT2D eigenvalue weighted by Crippen LogP contribution is -2.16. The molecular weight excluding hydrogens is 188 g/mol. The molecule has 0 aliphatic rings. The van der Waals surface area contributed by atoms with E-state index in [1.54, 1.807) is 12.3 Å². The van der Waals surface area contributed by atoms with Crippen molar-refractivity contribution in [3.63, 3.8) is 0 Å². The molecule has 1 rings (SSSR count). The zero-order valence-electron chi connectivity index (χ0n) is 9.25. The van der Waals surface area contributed by atoms with Crippen LogP contribution in [0.4, 0.5) is 0 Å². The van der Waals surface area contributed by atoms with Gasteiger partial charge in [-0.15, -0.1) is 6.58 Å². The van der Waals surface area contributed by atoms with Gasteiger partial charge in [0.2, 0.25) is 0 Å². The molecule has 0 aliphatic carbocycles. The standard InChI is InChI=1S/C12H18N2O/c1-3-5-6-8-10-9-13-14-12(15)11(10)7-4-2/h4,9H,2-3,5-8H2,1H3,(H,14,15). The maximum atomic E-state index is 11.5. The molecule has 15 heavy (non-hydrogen) atoms. The lowest BCUT2D eigenvalue weighted by atomic mass is 10.0. The van der Waals surface area contributed by atoms with Crippen molar-refractivity contribution >= 4 is 0 Å². The summed E-state index contributed by atoms with van der Waals surface area (Å²) in [5, 5.41) is 6.30. The van der Waals surface area contributed by atoms with Crippen molar-refractivity contribution in [1.82, 2.24) is 10.2 Å². The molecule has 1 aromatic rings. The van der Waals surface area contributed by atoms with Crippen molar-refractivity contribution in [2.75, 3.05) is 0 Å². The second-order valence-corrected chi connectivity index (χ2v) is 3.65. The first kappa shape index (κ1) is 11.7. The molecule has 1 N–H and O–H groups in total. The van der Waals surface area contributed by atoms with E-state index in [2.05, 4.69) is 23.7 Å². The number of H-pyrrole nitrogens is 1. The molecule has 0 aromatic carbocycles. The molecule has 1 aromatic heterocycles. The number of aryl methyl sites for hydroxylation is 1. The van der Waals surface area contributed by atoms with E-state index in [4.69, 9.17) is 0 Å². The summed E-state index contributed by atoms with van der Waals surface area (Å²) in [7, 11) is 0. The van der Waals surface area contributed by atoms with E-state index in [-0.39, 0.29) is 5.56 Å². The second-order valence-electron chi connectivity index (χ2n) is 3.65. The summed E-state index contributed by atoms with van der Waals surface area (Å²) in [4.78, 5) is 11.5. The van der Waals surface area contributed by atoms with Crippen LogP contribution in [0.15, 0.2) is 23.6 Å². The molecule has 0 saturated carbocycles. The van der Waals surface area contributed by atoms with Gasteiger partial charge < -0.3 is 0 Å². The maximum absolute atomic E-state index is 11.5. The lowest BCUT2D eigenvalue weighted by Gasteiger charge is -2.04. The number of unbranched alkanes of at least 4 members (excludes halogenated alkanes) is 2. The summed E-state index contributed by atoms with van der Waals surface area (Å²) in [5.74, 6) is 0. The van der Waals surface area contributed by atoms with E-state index in [1.165, 1.54) is 12.8 Å². The first-order chi connectivity index (χ1) is 7.29. The van der Waals surface area contributed by atoms with Crippen LogP contribution < -0.4 is 5.56 Å². The molecule has 0 bridgehead atoms. The normalized spacial score (nSPS) is 10.2. The van der Waals surface area contributed by atoms with Crippen LogP contribution in [-0.2, 0) is 12.8 Å². The van der Waals surface area contributed by atoms with Crippen molar-refractivity contribution in [2.45, 2.75) is 39.0 Å². The summed E-state index contributed by atoms with van der Waals surface area (Å²) in [5.41, 5.74) is 1.80. The Morgan fingerprint density at radius 3 is 3.00 bits per heavy atom. The van der Waals surface area contributed by atoms with Gasteiger partial charge in [0, 0.05) is 5.56 Å². The summed E-state index contributed by atoms with van der Waals surface area (Å²) in [6, 6.07) is 0. The van der Waals surface area contributed by atoms with Gasteiger partial charge in [0.25, 0.3) is 5.56 Å². The predicted octanol–water partition coefficient (Wildman–Crippen LogP) is 2.23. The molecule has 1 heterocycles. The molecule has 0 radical (unpaired) electrons. The number of hydrogen-bond acceptors (Lipinski definition) is 2. The average Bonchev–Trinajstić information content (AvgIpc) is 2.23. The quantitative estimate of drug-likeness (QED) is 0.573. The minimum Gasteiger partial charge on any atom is -0.268 e. The van der Waals surface area contributed by atoms with E-state index in [0.29, 0.717) is 6.42 Å². The third-order valence-corrected chi connectivity index (χ3v) is 2.45. The van der Waals surface area contributed by atoms with Gasteiger partial charge >= 0.3 is 0 Å². The molecule has 0 aliphatic heterocycles. The highest BCUT2D eigenvalue weighted by atomic mass is 16.1. The molecule has 3 nitrogen and oxygen atoms in total. The zero-order valence-corrected chi connectivity index (χ0v) is 9.25. The average molecular weight is 206 g/mol. The van der Waals surface area contributed by atoms with E-state index >= 15 is 0 Å². The van der Waals surface area contributed by atoms with Crippen molar-refractivity contribution in [3.05, 3.63) is 40.3 Å². The molecule has 0 unspecified atom stereocenters. The summed E-state index contributed by atoms with van der Waals surface area (Å²) in [6.07, 6.45) is 8.58. The molecule has 0 saturated heterocycles. The molecule has 3 heteroatoms. The number of hydrogen-bond donors (Lipinski definition) is 1. The Hall–Kier alpha value is -1.38. The van der Waals surface area contributed by atoms with Crippen LogP contribution in [0, 0.1) is 0 Å². The fourth-order valence-corrected chi connectivity index (χ4v) is 1.61.